The van der Waals surface area contributed by atoms with Crippen molar-refractivity contribution in [1.29, 1.82) is 0 Å². The van der Waals surface area contributed by atoms with Crippen LogP contribution in [0.2, 0.25) is 0 Å². The molecule has 0 spiro atoms. The summed E-state index contributed by atoms with van der Waals surface area (Å²) in [6.45, 7) is 5.27. The van der Waals surface area contributed by atoms with Gasteiger partial charge in [0.1, 0.15) is 0 Å². The number of hydrogen-bond donors (Lipinski definition) is 0. The number of halogens is 1. The van der Waals surface area contributed by atoms with Gasteiger partial charge in [-0.05, 0) is 41.9 Å². The molecule has 2 atom stereocenters. The molecule has 0 aromatic carbocycles. The van der Waals surface area contributed by atoms with E-state index < -0.39 is 0 Å². The number of rotatable bonds is 2. The van der Waals surface area contributed by atoms with Crippen molar-refractivity contribution < 1.29 is 4.74 Å². The molecule has 1 rings (SSSR count). The summed E-state index contributed by atoms with van der Waals surface area (Å²) in [5.41, 5.74) is 0. The molecule has 1 fully saturated rings. The summed E-state index contributed by atoms with van der Waals surface area (Å²) < 4.78 is 7.00. The fraction of sp³-hybridized carbons (Fsp3) is 0.778. The summed E-state index contributed by atoms with van der Waals surface area (Å²) in [4.78, 5) is 0. The van der Waals surface area contributed by atoms with Crippen molar-refractivity contribution in [2.45, 2.75) is 32.8 Å². The van der Waals surface area contributed by atoms with E-state index in [1.54, 1.807) is 0 Å². The lowest BCUT2D eigenvalue weighted by Gasteiger charge is -2.15. The first-order valence-electron chi connectivity index (χ1n) is 4.22. The van der Waals surface area contributed by atoms with Gasteiger partial charge in [-0.3, -0.25) is 0 Å². The van der Waals surface area contributed by atoms with Crippen LogP contribution in [-0.2, 0) is 4.74 Å². The summed E-state index contributed by atoms with van der Waals surface area (Å²) in [5, 5.41) is 0. The van der Waals surface area contributed by atoms with E-state index in [4.69, 9.17) is 4.74 Å². The van der Waals surface area contributed by atoms with Crippen LogP contribution in [0, 0.1) is 5.92 Å². The zero-order chi connectivity index (χ0) is 8.27. The summed E-state index contributed by atoms with van der Waals surface area (Å²) in [5.74, 6) is 0.762. The smallest absolute Gasteiger partial charge is 0.0906 e. The first-order valence-corrected chi connectivity index (χ1v) is 5.30. The highest BCUT2D eigenvalue weighted by Gasteiger charge is 2.28. The Bertz CT molecular complexity index is 154. The van der Waals surface area contributed by atoms with Crippen molar-refractivity contribution >= 4 is 22.6 Å². The Labute approximate surface area is 82.3 Å². The van der Waals surface area contributed by atoms with Crippen LogP contribution in [0.1, 0.15) is 26.7 Å². The van der Waals surface area contributed by atoms with Gasteiger partial charge < -0.3 is 4.74 Å². The summed E-state index contributed by atoms with van der Waals surface area (Å²) in [6.07, 6.45) is 5.04. The van der Waals surface area contributed by atoms with Crippen LogP contribution in [0.3, 0.4) is 0 Å². The van der Waals surface area contributed by atoms with Gasteiger partial charge >= 0.3 is 0 Å². The Kier molecular flexibility index (Phi) is 3.85. The fourth-order valence-electron chi connectivity index (χ4n) is 1.52. The van der Waals surface area contributed by atoms with Crippen LogP contribution < -0.4 is 0 Å². The molecular formula is C9H15IO. The highest BCUT2D eigenvalue weighted by molar-refractivity contribution is 14.1. The fourth-order valence-corrected chi connectivity index (χ4v) is 2.21. The van der Waals surface area contributed by atoms with E-state index in [1.807, 2.05) is 0 Å². The molecule has 0 unspecified atom stereocenters. The Morgan fingerprint density at radius 2 is 2.45 bits per heavy atom. The predicted octanol–water partition coefficient (Wildman–Crippen LogP) is 3.14. The SMILES string of the molecule is C/C=C(\I)[C@@H]1OCC[C@H]1CC. The van der Waals surface area contributed by atoms with E-state index in [0.29, 0.717) is 6.10 Å². The van der Waals surface area contributed by atoms with Crippen molar-refractivity contribution in [3.8, 4) is 0 Å². The molecule has 0 saturated carbocycles. The Morgan fingerprint density at radius 3 is 3.00 bits per heavy atom. The third-order valence-electron chi connectivity index (χ3n) is 2.29. The van der Waals surface area contributed by atoms with Gasteiger partial charge in [-0.1, -0.05) is 19.4 Å². The summed E-state index contributed by atoms with van der Waals surface area (Å²) in [7, 11) is 0. The van der Waals surface area contributed by atoms with Crippen molar-refractivity contribution in [3.05, 3.63) is 9.66 Å². The third-order valence-corrected chi connectivity index (χ3v) is 3.52. The topological polar surface area (TPSA) is 9.23 Å². The van der Waals surface area contributed by atoms with E-state index in [-0.39, 0.29) is 0 Å². The zero-order valence-electron chi connectivity index (χ0n) is 7.14. The van der Waals surface area contributed by atoms with Crippen LogP contribution in [-0.4, -0.2) is 12.7 Å². The molecule has 64 valence electrons. The molecular weight excluding hydrogens is 251 g/mol. The van der Waals surface area contributed by atoms with Gasteiger partial charge in [0.25, 0.3) is 0 Å². The van der Waals surface area contributed by atoms with E-state index in [0.717, 1.165) is 12.5 Å². The van der Waals surface area contributed by atoms with Gasteiger partial charge in [0.15, 0.2) is 0 Å². The molecule has 1 heterocycles. The highest BCUT2D eigenvalue weighted by atomic mass is 127. The van der Waals surface area contributed by atoms with Crippen molar-refractivity contribution in [2.75, 3.05) is 6.61 Å². The Morgan fingerprint density at radius 1 is 1.73 bits per heavy atom. The summed E-state index contributed by atoms with van der Waals surface area (Å²) >= 11 is 2.38. The Hall–Kier alpha value is 0.430. The van der Waals surface area contributed by atoms with Gasteiger partial charge in [-0.2, -0.15) is 0 Å². The number of ether oxygens (including phenoxy) is 1. The minimum atomic E-state index is 0.408. The first-order chi connectivity index (χ1) is 5.29. The molecule has 0 aromatic rings. The lowest BCUT2D eigenvalue weighted by molar-refractivity contribution is 0.125. The van der Waals surface area contributed by atoms with Gasteiger partial charge in [0.2, 0.25) is 0 Å². The van der Waals surface area contributed by atoms with E-state index in [2.05, 4.69) is 42.5 Å². The normalized spacial score (nSPS) is 32.8. The lowest BCUT2D eigenvalue weighted by Crippen LogP contribution is -2.14. The van der Waals surface area contributed by atoms with E-state index in [1.165, 1.54) is 16.4 Å². The average molecular weight is 266 g/mol. The van der Waals surface area contributed by atoms with Crippen LogP contribution in [0.4, 0.5) is 0 Å². The van der Waals surface area contributed by atoms with Crippen molar-refractivity contribution in [1.82, 2.24) is 0 Å². The Balaban J connectivity index is 2.56. The van der Waals surface area contributed by atoms with Crippen LogP contribution in [0.5, 0.6) is 0 Å². The van der Waals surface area contributed by atoms with Crippen molar-refractivity contribution in [2.24, 2.45) is 5.92 Å². The van der Waals surface area contributed by atoms with Gasteiger partial charge in [-0.25, -0.2) is 0 Å². The second kappa shape index (κ2) is 4.45. The molecule has 0 radical (unpaired) electrons. The second-order valence-corrected chi connectivity index (χ2v) is 4.17. The molecule has 0 aliphatic carbocycles. The highest BCUT2D eigenvalue weighted by Crippen LogP contribution is 2.31. The quantitative estimate of drug-likeness (QED) is 0.698. The largest absolute Gasteiger partial charge is 0.373 e. The lowest BCUT2D eigenvalue weighted by atomic mass is 9.98. The van der Waals surface area contributed by atoms with Crippen LogP contribution in [0.15, 0.2) is 9.66 Å². The molecule has 2 heteroatoms. The van der Waals surface area contributed by atoms with Crippen molar-refractivity contribution in [3.63, 3.8) is 0 Å². The van der Waals surface area contributed by atoms with E-state index >= 15 is 0 Å². The maximum Gasteiger partial charge on any atom is 0.0906 e. The zero-order valence-corrected chi connectivity index (χ0v) is 9.30. The minimum Gasteiger partial charge on any atom is -0.373 e. The third kappa shape index (κ3) is 2.18. The van der Waals surface area contributed by atoms with E-state index in [9.17, 15) is 0 Å². The van der Waals surface area contributed by atoms with Crippen LogP contribution in [0.25, 0.3) is 0 Å². The molecule has 0 amide bonds. The second-order valence-electron chi connectivity index (χ2n) is 2.92. The maximum atomic E-state index is 5.63. The van der Waals surface area contributed by atoms with Gasteiger partial charge in [0, 0.05) is 10.2 Å². The average Bonchev–Trinajstić information content (AvgIpc) is 2.50. The molecule has 1 nitrogen and oxygen atoms in total. The molecule has 1 aliphatic heterocycles. The minimum absolute atomic E-state index is 0.408. The standard InChI is InChI=1S/C9H15IO/c1-3-7-5-6-11-9(7)8(10)4-2/h4,7,9H,3,5-6H2,1-2H3/b8-4-/t7-,9-/m1/s1. The van der Waals surface area contributed by atoms with Crippen LogP contribution >= 0.6 is 22.6 Å². The van der Waals surface area contributed by atoms with Gasteiger partial charge in [0.05, 0.1) is 6.10 Å². The molecule has 0 bridgehead atoms. The molecule has 1 aliphatic rings. The monoisotopic (exact) mass is 266 g/mol. The van der Waals surface area contributed by atoms with Gasteiger partial charge in [-0.15, -0.1) is 0 Å². The predicted molar refractivity (Wildman–Crippen MR) is 55.9 cm³/mol. The summed E-state index contributed by atoms with van der Waals surface area (Å²) in [6, 6.07) is 0. The number of allylic oxidation sites excluding steroid dienone is 1. The molecule has 1 saturated heterocycles. The molecule has 0 N–H and O–H groups in total. The number of hydrogen-bond acceptors (Lipinski definition) is 1. The maximum absolute atomic E-state index is 5.63. The first kappa shape index (κ1) is 9.52. The molecule has 11 heavy (non-hydrogen) atoms. The molecule has 0 aromatic heterocycles.